The molecule has 4 rings (SSSR count). The lowest BCUT2D eigenvalue weighted by molar-refractivity contribution is -0.122. The molecule has 166 valence electrons. The summed E-state index contributed by atoms with van der Waals surface area (Å²) < 4.78 is 1.07. The van der Waals surface area contributed by atoms with Crippen LogP contribution in [0.3, 0.4) is 0 Å². The van der Waals surface area contributed by atoms with Crippen LogP contribution in [0.1, 0.15) is 29.6 Å². The van der Waals surface area contributed by atoms with Crippen molar-refractivity contribution in [3.05, 3.63) is 74.9 Å². The number of nitrogens with zero attached hydrogens (tertiary/aromatic N) is 2. The molecule has 1 aliphatic heterocycles. The molecule has 1 fully saturated rings. The van der Waals surface area contributed by atoms with Gasteiger partial charge >= 0.3 is 5.69 Å². The van der Waals surface area contributed by atoms with Crippen molar-refractivity contribution >= 4 is 22.7 Å². The van der Waals surface area contributed by atoms with Crippen LogP contribution in [0.4, 0.5) is 0 Å². The summed E-state index contributed by atoms with van der Waals surface area (Å²) in [7, 11) is 0. The second-order valence-corrected chi connectivity index (χ2v) is 7.87. The summed E-state index contributed by atoms with van der Waals surface area (Å²) in [5.74, 6) is -0.601. The summed E-state index contributed by atoms with van der Waals surface area (Å²) in [5.41, 5.74) is 5.54. The van der Waals surface area contributed by atoms with Crippen molar-refractivity contribution in [3.63, 3.8) is 0 Å². The third-order valence-electron chi connectivity index (χ3n) is 5.77. The van der Waals surface area contributed by atoms with E-state index in [0.29, 0.717) is 41.7 Å². The van der Waals surface area contributed by atoms with Gasteiger partial charge in [-0.1, -0.05) is 18.2 Å². The number of hydrogen-bond acceptors (Lipinski definition) is 5. The molecule has 2 heterocycles. The smallest absolute Gasteiger partial charge is 0.333 e. The zero-order valence-corrected chi connectivity index (χ0v) is 17.5. The van der Waals surface area contributed by atoms with Gasteiger partial charge in [0.15, 0.2) is 0 Å². The molecule has 9 heteroatoms. The number of H-pyrrole nitrogens is 1. The molecule has 2 aromatic carbocycles. The number of nitrogens with two attached hydrogens (primary N) is 1. The van der Waals surface area contributed by atoms with Crippen molar-refractivity contribution in [2.24, 2.45) is 5.73 Å². The van der Waals surface area contributed by atoms with Crippen molar-refractivity contribution in [3.8, 4) is 5.69 Å². The van der Waals surface area contributed by atoms with Crippen LogP contribution in [0.25, 0.3) is 16.6 Å². The maximum Gasteiger partial charge on any atom is 0.333 e. The normalized spacial score (nSPS) is 16.3. The first-order valence-electron chi connectivity index (χ1n) is 10.6. The van der Waals surface area contributed by atoms with Gasteiger partial charge in [0.1, 0.15) is 0 Å². The summed E-state index contributed by atoms with van der Waals surface area (Å²) in [6.07, 6.45) is 2.41. The Kier molecular flexibility index (Phi) is 6.18. The zero-order chi connectivity index (χ0) is 22.7. The van der Waals surface area contributed by atoms with Crippen LogP contribution in [0, 0.1) is 0 Å². The van der Waals surface area contributed by atoms with E-state index in [4.69, 9.17) is 5.73 Å². The summed E-state index contributed by atoms with van der Waals surface area (Å²) in [4.78, 5) is 54.1. The highest BCUT2D eigenvalue weighted by molar-refractivity contribution is 5.97. The standard InChI is InChI=1S/C23H25N5O4/c24-20(29)19-8-4-12-27(19)13-5-11-25-21(30)15-9-10-17-18(14-15)26-23(32)28(22(17)31)16-6-2-1-3-7-16/h1-3,6-7,9-10,14,19H,4-5,8,11-13H2,(H2,24,29)(H,25,30)(H,26,32)/t19-/m0/s1. The average molecular weight is 435 g/mol. The summed E-state index contributed by atoms with van der Waals surface area (Å²) >= 11 is 0. The number of likely N-dealkylation sites (tertiary alicyclic amines) is 1. The number of primary amides is 1. The maximum absolute atomic E-state index is 12.8. The topological polar surface area (TPSA) is 130 Å². The third kappa shape index (κ3) is 4.33. The van der Waals surface area contributed by atoms with E-state index >= 15 is 0 Å². The van der Waals surface area contributed by atoms with Gasteiger partial charge < -0.3 is 16.0 Å². The Balaban J connectivity index is 1.44. The van der Waals surface area contributed by atoms with Crippen molar-refractivity contribution in [1.82, 2.24) is 19.8 Å². The van der Waals surface area contributed by atoms with Crippen molar-refractivity contribution in [2.45, 2.75) is 25.3 Å². The summed E-state index contributed by atoms with van der Waals surface area (Å²) in [6.45, 7) is 1.95. The van der Waals surface area contributed by atoms with Crippen LogP contribution in [0.2, 0.25) is 0 Å². The molecule has 0 bridgehead atoms. The SMILES string of the molecule is NC(=O)[C@@H]1CCCN1CCCNC(=O)c1ccc2c(=O)n(-c3ccccc3)c(=O)[nH]c2c1. The molecule has 0 spiro atoms. The lowest BCUT2D eigenvalue weighted by Crippen LogP contribution is -2.41. The van der Waals surface area contributed by atoms with Gasteiger partial charge in [0.05, 0.1) is 22.6 Å². The average Bonchev–Trinajstić information content (AvgIpc) is 3.26. The monoisotopic (exact) mass is 435 g/mol. The van der Waals surface area contributed by atoms with Gasteiger partial charge in [0.2, 0.25) is 5.91 Å². The molecule has 0 unspecified atom stereocenters. The third-order valence-corrected chi connectivity index (χ3v) is 5.77. The molecule has 2 amide bonds. The molecule has 1 aliphatic rings. The highest BCUT2D eigenvalue weighted by Gasteiger charge is 2.28. The van der Waals surface area contributed by atoms with Crippen molar-refractivity contribution in [1.29, 1.82) is 0 Å². The number of nitrogens with one attached hydrogen (secondary N) is 2. The molecule has 3 aromatic rings. The number of aromatic nitrogens is 2. The van der Waals surface area contributed by atoms with Crippen molar-refractivity contribution < 1.29 is 9.59 Å². The lowest BCUT2D eigenvalue weighted by atomic mass is 10.1. The number of carbonyl (C=O) groups is 2. The van der Waals surface area contributed by atoms with E-state index in [1.54, 1.807) is 42.5 Å². The fourth-order valence-corrected chi connectivity index (χ4v) is 4.17. The molecule has 4 N–H and O–H groups in total. The Morgan fingerprint density at radius 2 is 1.91 bits per heavy atom. The minimum Gasteiger partial charge on any atom is -0.368 e. The van der Waals surface area contributed by atoms with E-state index in [-0.39, 0.29) is 17.9 Å². The fourth-order valence-electron chi connectivity index (χ4n) is 4.17. The molecular formula is C23H25N5O4. The van der Waals surface area contributed by atoms with E-state index in [2.05, 4.69) is 10.3 Å². The lowest BCUT2D eigenvalue weighted by Gasteiger charge is -2.21. The quantitative estimate of drug-likeness (QED) is 0.472. The van der Waals surface area contributed by atoms with E-state index < -0.39 is 11.2 Å². The minimum absolute atomic E-state index is 0.219. The van der Waals surface area contributed by atoms with Crippen LogP contribution < -0.4 is 22.3 Å². The molecule has 1 aromatic heterocycles. The highest BCUT2D eigenvalue weighted by atomic mass is 16.2. The Bertz CT molecular complexity index is 1260. The first-order valence-corrected chi connectivity index (χ1v) is 10.6. The van der Waals surface area contributed by atoms with Gasteiger partial charge in [-0.05, 0) is 56.1 Å². The van der Waals surface area contributed by atoms with Gasteiger partial charge in [-0.25, -0.2) is 9.36 Å². The van der Waals surface area contributed by atoms with Crippen LogP contribution in [-0.4, -0.2) is 51.9 Å². The maximum atomic E-state index is 12.8. The summed E-state index contributed by atoms with van der Waals surface area (Å²) in [6, 6.07) is 13.0. The number of carbonyl (C=O) groups excluding carboxylic acids is 2. The van der Waals surface area contributed by atoms with E-state index in [1.165, 1.54) is 6.07 Å². The molecule has 1 atom stereocenters. The van der Waals surface area contributed by atoms with E-state index in [1.807, 2.05) is 4.90 Å². The Morgan fingerprint density at radius 3 is 2.66 bits per heavy atom. The van der Waals surface area contributed by atoms with Crippen LogP contribution in [0.15, 0.2) is 58.1 Å². The Labute approximate surface area is 183 Å². The molecule has 0 saturated carbocycles. The second-order valence-electron chi connectivity index (χ2n) is 7.87. The number of benzene rings is 2. The van der Waals surface area contributed by atoms with Gasteiger partial charge in [-0.15, -0.1) is 0 Å². The fraction of sp³-hybridized carbons (Fsp3) is 0.304. The molecule has 1 saturated heterocycles. The number of aromatic amines is 1. The minimum atomic E-state index is -0.569. The Morgan fingerprint density at radius 1 is 1.12 bits per heavy atom. The molecule has 9 nitrogen and oxygen atoms in total. The first kappa shape index (κ1) is 21.5. The zero-order valence-electron chi connectivity index (χ0n) is 17.5. The predicted octanol–water partition coefficient (Wildman–Crippen LogP) is 0.749. The largest absolute Gasteiger partial charge is 0.368 e. The number of amides is 2. The first-order chi connectivity index (χ1) is 15.5. The van der Waals surface area contributed by atoms with Gasteiger partial charge in [0, 0.05) is 18.7 Å². The number of hydrogen-bond donors (Lipinski definition) is 3. The van der Waals surface area contributed by atoms with Crippen molar-refractivity contribution in [2.75, 3.05) is 19.6 Å². The Hall–Kier alpha value is -3.72. The predicted molar refractivity (Wildman–Crippen MR) is 121 cm³/mol. The van der Waals surface area contributed by atoms with Crippen LogP contribution in [0.5, 0.6) is 0 Å². The summed E-state index contributed by atoms with van der Waals surface area (Å²) in [5, 5.41) is 3.16. The van der Waals surface area contributed by atoms with Crippen LogP contribution in [-0.2, 0) is 4.79 Å². The van der Waals surface area contributed by atoms with E-state index in [0.717, 1.165) is 24.0 Å². The molecular weight excluding hydrogens is 410 g/mol. The number of fused-ring (bicyclic) bond motifs is 1. The van der Waals surface area contributed by atoms with Crippen LogP contribution >= 0.6 is 0 Å². The van der Waals surface area contributed by atoms with Gasteiger partial charge in [0.25, 0.3) is 11.5 Å². The van der Waals surface area contributed by atoms with E-state index in [9.17, 15) is 19.2 Å². The number of rotatable bonds is 7. The number of para-hydroxylation sites is 1. The van der Waals surface area contributed by atoms with Gasteiger partial charge in [-0.3, -0.25) is 19.3 Å². The highest BCUT2D eigenvalue weighted by Crippen LogP contribution is 2.16. The van der Waals surface area contributed by atoms with Gasteiger partial charge in [-0.2, -0.15) is 0 Å². The molecule has 0 radical (unpaired) electrons. The molecule has 0 aliphatic carbocycles. The second kappa shape index (κ2) is 9.19. The molecule has 32 heavy (non-hydrogen) atoms.